The molecule has 3 saturated heterocycles. The second-order valence-corrected chi connectivity index (χ2v) is 9.15. The predicted molar refractivity (Wildman–Crippen MR) is 117 cm³/mol. The van der Waals surface area contributed by atoms with Crippen LogP contribution in [0.4, 0.5) is 5.69 Å². The summed E-state index contributed by atoms with van der Waals surface area (Å²) in [5.74, 6) is 0.269. The molecule has 0 aromatic heterocycles. The molecule has 0 radical (unpaired) electrons. The van der Waals surface area contributed by atoms with Crippen molar-refractivity contribution >= 4 is 17.5 Å². The van der Waals surface area contributed by atoms with Crippen molar-refractivity contribution in [2.24, 2.45) is 11.8 Å². The molecule has 4 aliphatic heterocycles. The molecular formula is C24H31N3O4. The van der Waals surface area contributed by atoms with Crippen LogP contribution in [0.1, 0.15) is 20.3 Å². The van der Waals surface area contributed by atoms with Gasteiger partial charge in [0, 0.05) is 32.7 Å². The van der Waals surface area contributed by atoms with Crippen molar-refractivity contribution in [1.82, 2.24) is 9.80 Å². The van der Waals surface area contributed by atoms with Crippen molar-refractivity contribution in [1.29, 1.82) is 0 Å². The third-order valence-corrected chi connectivity index (χ3v) is 6.80. The maximum atomic E-state index is 12.7. The number of piperazine rings is 1. The van der Waals surface area contributed by atoms with Gasteiger partial charge in [0.15, 0.2) is 0 Å². The summed E-state index contributed by atoms with van der Waals surface area (Å²) in [6, 6.07) is 8.23. The van der Waals surface area contributed by atoms with Crippen molar-refractivity contribution in [2.75, 3.05) is 44.2 Å². The van der Waals surface area contributed by atoms with E-state index >= 15 is 0 Å². The molecule has 1 aromatic carbocycles. The van der Waals surface area contributed by atoms with Crippen molar-refractivity contribution in [3.63, 3.8) is 0 Å². The van der Waals surface area contributed by atoms with Gasteiger partial charge in [-0.2, -0.15) is 0 Å². The number of para-hydroxylation sites is 2. The standard InChI is InChI=1S/C24H31N3O4/c1-16(2)30-18-7-4-3-6-17(18)26-14-12-25(13-15-26)10-5-11-27-23(28)21-19-8-9-20(31-19)22(21)24(27)29/h3-4,6-9,16,19-22H,5,10-15H2,1-2H3. The maximum Gasteiger partial charge on any atom is 0.236 e. The van der Waals surface area contributed by atoms with Crippen LogP contribution < -0.4 is 9.64 Å². The molecule has 0 spiro atoms. The summed E-state index contributed by atoms with van der Waals surface area (Å²) in [5, 5.41) is 0. The first kappa shape index (κ1) is 20.5. The number of carbonyl (C=O) groups is 2. The van der Waals surface area contributed by atoms with Crippen LogP contribution in [-0.4, -0.2) is 79.2 Å². The Bertz CT molecular complexity index is 847. The fourth-order valence-corrected chi connectivity index (χ4v) is 5.32. The number of hydrogen-bond acceptors (Lipinski definition) is 6. The van der Waals surface area contributed by atoms with E-state index in [0.29, 0.717) is 6.54 Å². The van der Waals surface area contributed by atoms with E-state index in [1.165, 1.54) is 4.90 Å². The molecule has 7 nitrogen and oxygen atoms in total. The molecule has 0 aliphatic carbocycles. The third kappa shape index (κ3) is 3.74. The molecule has 4 aliphatic rings. The molecule has 7 heteroatoms. The zero-order valence-electron chi connectivity index (χ0n) is 18.3. The predicted octanol–water partition coefficient (Wildman–Crippen LogP) is 1.92. The van der Waals surface area contributed by atoms with Crippen molar-refractivity contribution in [2.45, 2.75) is 38.6 Å². The Morgan fingerprint density at radius 2 is 1.61 bits per heavy atom. The van der Waals surface area contributed by atoms with Gasteiger partial charge in [-0.15, -0.1) is 0 Å². The lowest BCUT2D eigenvalue weighted by molar-refractivity contribution is -0.142. The highest BCUT2D eigenvalue weighted by Gasteiger charge is 2.60. The van der Waals surface area contributed by atoms with Crippen LogP contribution in [0.25, 0.3) is 0 Å². The Balaban J connectivity index is 1.10. The molecule has 1 aromatic rings. The van der Waals surface area contributed by atoms with Crippen LogP contribution in [0, 0.1) is 11.8 Å². The molecule has 4 heterocycles. The van der Waals surface area contributed by atoms with Crippen molar-refractivity contribution in [3.8, 4) is 5.75 Å². The molecule has 0 saturated carbocycles. The molecule has 5 rings (SSSR count). The highest BCUT2D eigenvalue weighted by atomic mass is 16.5. The van der Waals surface area contributed by atoms with Gasteiger partial charge in [-0.1, -0.05) is 24.3 Å². The molecule has 31 heavy (non-hydrogen) atoms. The van der Waals surface area contributed by atoms with E-state index in [4.69, 9.17) is 9.47 Å². The quantitative estimate of drug-likeness (QED) is 0.491. The Hall–Kier alpha value is -2.38. The van der Waals surface area contributed by atoms with Gasteiger partial charge in [0.05, 0.1) is 35.8 Å². The normalized spacial score (nSPS) is 30.0. The maximum absolute atomic E-state index is 12.7. The topological polar surface area (TPSA) is 62.3 Å². The number of carbonyl (C=O) groups excluding carboxylic acids is 2. The first-order valence-corrected chi connectivity index (χ1v) is 11.4. The summed E-state index contributed by atoms with van der Waals surface area (Å²) in [6.07, 6.45) is 4.43. The molecule has 166 valence electrons. The van der Waals surface area contributed by atoms with E-state index in [1.54, 1.807) is 0 Å². The van der Waals surface area contributed by atoms with E-state index < -0.39 is 0 Å². The van der Waals surface area contributed by atoms with Crippen LogP contribution >= 0.6 is 0 Å². The minimum Gasteiger partial charge on any atom is -0.489 e. The number of likely N-dealkylation sites (tertiary alicyclic amines) is 1. The second kappa shape index (κ2) is 8.28. The average molecular weight is 426 g/mol. The number of fused-ring (bicyclic) bond motifs is 5. The van der Waals surface area contributed by atoms with Crippen LogP contribution in [0.3, 0.4) is 0 Å². The fourth-order valence-electron chi connectivity index (χ4n) is 5.32. The Labute approximate surface area is 183 Å². The zero-order valence-corrected chi connectivity index (χ0v) is 18.3. The third-order valence-electron chi connectivity index (χ3n) is 6.80. The molecular weight excluding hydrogens is 394 g/mol. The van der Waals surface area contributed by atoms with Gasteiger partial charge >= 0.3 is 0 Å². The van der Waals surface area contributed by atoms with Crippen LogP contribution in [-0.2, 0) is 14.3 Å². The number of rotatable bonds is 7. The summed E-state index contributed by atoms with van der Waals surface area (Å²) in [6.45, 7) is 9.31. The van der Waals surface area contributed by atoms with E-state index in [1.807, 2.05) is 38.1 Å². The monoisotopic (exact) mass is 425 g/mol. The van der Waals surface area contributed by atoms with E-state index in [9.17, 15) is 9.59 Å². The summed E-state index contributed by atoms with van der Waals surface area (Å²) < 4.78 is 11.7. The first-order chi connectivity index (χ1) is 15.0. The fraction of sp³-hybridized carbons (Fsp3) is 0.583. The second-order valence-electron chi connectivity index (χ2n) is 9.15. The lowest BCUT2D eigenvalue weighted by Gasteiger charge is -2.37. The van der Waals surface area contributed by atoms with Gasteiger partial charge in [-0.3, -0.25) is 19.4 Å². The summed E-state index contributed by atoms with van der Waals surface area (Å²) in [4.78, 5) is 31.8. The highest BCUT2D eigenvalue weighted by Crippen LogP contribution is 2.45. The van der Waals surface area contributed by atoms with Crippen molar-refractivity contribution in [3.05, 3.63) is 36.4 Å². The number of ether oxygens (including phenoxy) is 2. The zero-order chi connectivity index (χ0) is 21.5. The number of anilines is 1. The lowest BCUT2D eigenvalue weighted by atomic mass is 9.85. The van der Waals surface area contributed by atoms with Gasteiger partial charge < -0.3 is 14.4 Å². The molecule has 3 fully saturated rings. The number of imide groups is 1. The van der Waals surface area contributed by atoms with Gasteiger partial charge in [-0.25, -0.2) is 0 Å². The van der Waals surface area contributed by atoms with Crippen LogP contribution in [0.15, 0.2) is 36.4 Å². The van der Waals surface area contributed by atoms with Gasteiger partial charge in [-0.05, 0) is 38.9 Å². The minimum atomic E-state index is -0.292. The first-order valence-electron chi connectivity index (χ1n) is 11.4. The van der Waals surface area contributed by atoms with Crippen molar-refractivity contribution < 1.29 is 19.1 Å². The smallest absolute Gasteiger partial charge is 0.236 e. The number of benzene rings is 1. The molecule has 4 unspecified atom stereocenters. The molecule has 0 N–H and O–H groups in total. The number of nitrogens with zero attached hydrogens (tertiary/aromatic N) is 3. The SMILES string of the molecule is CC(C)Oc1ccccc1N1CCN(CCCN2C(=O)C3C4C=CC(O4)C3C2=O)CC1. The highest BCUT2D eigenvalue weighted by molar-refractivity contribution is 6.06. The summed E-state index contributed by atoms with van der Waals surface area (Å²) >= 11 is 0. The Morgan fingerprint density at radius 1 is 0.968 bits per heavy atom. The molecule has 2 bridgehead atoms. The molecule has 4 atom stereocenters. The number of amides is 2. The van der Waals surface area contributed by atoms with E-state index in [2.05, 4.69) is 21.9 Å². The van der Waals surface area contributed by atoms with Crippen LogP contribution in [0.5, 0.6) is 5.75 Å². The van der Waals surface area contributed by atoms with Crippen LogP contribution in [0.2, 0.25) is 0 Å². The van der Waals surface area contributed by atoms with Gasteiger partial charge in [0.2, 0.25) is 11.8 Å². The van der Waals surface area contributed by atoms with Gasteiger partial charge in [0.1, 0.15) is 5.75 Å². The van der Waals surface area contributed by atoms with Gasteiger partial charge in [0.25, 0.3) is 0 Å². The average Bonchev–Trinajstić information content (AvgIpc) is 3.44. The lowest BCUT2D eigenvalue weighted by Crippen LogP contribution is -2.47. The Kier molecular flexibility index (Phi) is 5.48. The number of hydrogen-bond donors (Lipinski definition) is 0. The minimum absolute atomic E-state index is 0.0431. The largest absolute Gasteiger partial charge is 0.489 e. The Morgan fingerprint density at radius 3 is 2.26 bits per heavy atom. The molecule has 2 amide bonds. The van der Waals surface area contributed by atoms with E-state index in [-0.39, 0.29) is 42.0 Å². The summed E-state index contributed by atoms with van der Waals surface area (Å²) in [5.41, 5.74) is 1.15. The van der Waals surface area contributed by atoms with E-state index in [0.717, 1.165) is 50.6 Å². The summed E-state index contributed by atoms with van der Waals surface area (Å²) in [7, 11) is 0.